The summed E-state index contributed by atoms with van der Waals surface area (Å²) in [6.45, 7) is 18.7. The van der Waals surface area contributed by atoms with E-state index in [0.717, 1.165) is 22.4 Å². The van der Waals surface area contributed by atoms with E-state index in [9.17, 15) is 19.5 Å². The van der Waals surface area contributed by atoms with Gasteiger partial charge in [-0.1, -0.05) is 12.1 Å². The number of nitrogens with zero attached hydrogens (tertiary/aromatic N) is 8. The third-order valence-corrected chi connectivity index (χ3v) is 7.82. The third kappa shape index (κ3) is 20.3. The number of amides is 3. The molecule has 0 atom stereocenters. The highest BCUT2D eigenvalue weighted by Gasteiger charge is 2.18. The maximum absolute atomic E-state index is 11.7. The van der Waals surface area contributed by atoms with Gasteiger partial charge in [0, 0.05) is 68.5 Å². The van der Waals surface area contributed by atoms with Crippen LogP contribution < -0.4 is 37.2 Å². The van der Waals surface area contributed by atoms with Crippen LogP contribution in [0.15, 0.2) is 73.6 Å². The summed E-state index contributed by atoms with van der Waals surface area (Å²) >= 11 is 0. The molecule has 354 valence electrons. The van der Waals surface area contributed by atoms with Crippen LogP contribution in [0.1, 0.15) is 67.9 Å². The first-order chi connectivity index (χ1) is 31.2. The fourth-order valence-corrected chi connectivity index (χ4v) is 5.22. The van der Waals surface area contributed by atoms with Gasteiger partial charge in [-0.2, -0.15) is 9.97 Å². The van der Waals surface area contributed by atoms with E-state index in [2.05, 4.69) is 77.1 Å². The summed E-state index contributed by atoms with van der Waals surface area (Å²) in [5, 5.41) is 29.8. The number of aromatic nitrogens is 8. The second-order valence-corrected chi connectivity index (χ2v) is 17.2. The average Bonchev–Trinajstić information content (AvgIpc) is 3.24. The van der Waals surface area contributed by atoms with Gasteiger partial charge in [0.2, 0.25) is 11.9 Å². The number of alkyl carbamates (subject to hydrolysis) is 3. The molecular formula is C44H61N15O7. The number of carbonyl (C=O) groups is 3. The minimum absolute atomic E-state index is 0.0436. The molecule has 0 saturated heterocycles. The zero-order chi connectivity index (χ0) is 48.2. The number of nitrogens with one attached hydrogen (secondary N) is 7. The second-order valence-electron chi connectivity index (χ2n) is 17.2. The number of aliphatic hydroxyl groups excluding tert-OH is 1. The third-order valence-electron chi connectivity index (χ3n) is 7.82. The van der Waals surface area contributed by atoms with Crippen LogP contribution in [0.5, 0.6) is 0 Å². The SMILES string of the molecule is CC(C)(C)OC(=O)NCCNc1cc(-c2ncnc(NCCNC(=O)OC(C)(C)C)n2)ccn1.CC(C)(C)OC(=O)NCCNc1cc(-c2ncnc(Nc3cccc(CO)c3)n2)ccn1. The zero-order valence-electron chi connectivity index (χ0n) is 38.9. The maximum atomic E-state index is 11.7. The Bertz CT molecular complexity index is 2260. The minimum atomic E-state index is -0.548. The van der Waals surface area contributed by atoms with Gasteiger partial charge in [0.15, 0.2) is 11.6 Å². The van der Waals surface area contributed by atoms with Crippen molar-refractivity contribution in [1.82, 2.24) is 55.8 Å². The van der Waals surface area contributed by atoms with E-state index in [1.54, 1.807) is 51.4 Å². The monoisotopic (exact) mass is 911 g/mol. The summed E-state index contributed by atoms with van der Waals surface area (Å²) in [5.41, 5.74) is 1.44. The number of ether oxygens (including phenoxy) is 3. The minimum Gasteiger partial charge on any atom is -0.444 e. The normalized spacial score (nSPS) is 11.2. The quantitative estimate of drug-likeness (QED) is 0.0397. The van der Waals surface area contributed by atoms with Crippen LogP contribution in [0.3, 0.4) is 0 Å². The molecule has 66 heavy (non-hydrogen) atoms. The van der Waals surface area contributed by atoms with Crippen molar-refractivity contribution in [3.05, 3.63) is 79.1 Å². The molecule has 0 unspecified atom stereocenters. The Morgan fingerprint density at radius 2 is 0.970 bits per heavy atom. The van der Waals surface area contributed by atoms with E-state index in [-0.39, 0.29) is 6.61 Å². The molecule has 4 heterocycles. The molecule has 0 aliphatic carbocycles. The summed E-state index contributed by atoms with van der Waals surface area (Å²) in [6, 6.07) is 14.6. The van der Waals surface area contributed by atoms with Crippen molar-refractivity contribution in [2.45, 2.75) is 85.7 Å². The number of hydrogen-bond donors (Lipinski definition) is 8. The first-order valence-corrected chi connectivity index (χ1v) is 21.1. The van der Waals surface area contributed by atoms with Gasteiger partial charge in [0.25, 0.3) is 0 Å². The highest BCUT2D eigenvalue weighted by molar-refractivity contribution is 5.69. The fraction of sp³-hybridized carbons (Fsp3) is 0.432. The largest absolute Gasteiger partial charge is 0.444 e. The molecule has 8 N–H and O–H groups in total. The van der Waals surface area contributed by atoms with Gasteiger partial charge in [-0.05, 0) is 104 Å². The molecule has 1 aromatic carbocycles. The summed E-state index contributed by atoms with van der Waals surface area (Å²) in [5.74, 6) is 2.95. The topological polar surface area (TPSA) is 286 Å². The van der Waals surface area contributed by atoms with Crippen molar-refractivity contribution in [1.29, 1.82) is 0 Å². The second kappa shape index (κ2) is 24.5. The maximum Gasteiger partial charge on any atom is 0.407 e. The lowest BCUT2D eigenvalue weighted by Crippen LogP contribution is -2.35. The van der Waals surface area contributed by atoms with Crippen LogP contribution >= 0.6 is 0 Å². The molecule has 0 radical (unpaired) electrons. The van der Waals surface area contributed by atoms with Crippen LogP contribution in [0.2, 0.25) is 0 Å². The molecule has 5 rings (SSSR count). The van der Waals surface area contributed by atoms with E-state index in [1.807, 2.05) is 71.9 Å². The molecule has 0 aliphatic rings. The lowest BCUT2D eigenvalue weighted by molar-refractivity contribution is 0.0518. The van der Waals surface area contributed by atoms with Crippen LogP contribution in [-0.4, -0.2) is 119 Å². The van der Waals surface area contributed by atoms with Crippen molar-refractivity contribution >= 4 is 47.5 Å². The van der Waals surface area contributed by atoms with Gasteiger partial charge in [-0.15, -0.1) is 0 Å². The smallest absolute Gasteiger partial charge is 0.407 e. The van der Waals surface area contributed by atoms with Crippen molar-refractivity contribution in [2.75, 3.05) is 60.5 Å². The van der Waals surface area contributed by atoms with E-state index in [4.69, 9.17) is 14.2 Å². The van der Waals surface area contributed by atoms with E-state index in [0.29, 0.717) is 74.4 Å². The Kier molecular flexibility index (Phi) is 19.0. The van der Waals surface area contributed by atoms with Crippen molar-refractivity contribution in [3.63, 3.8) is 0 Å². The highest BCUT2D eigenvalue weighted by atomic mass is 16.6. The van der Waals surface area contributed by atoms with Crippen LogP contribution in [0.4, 0.5) is 43.6 Å². The Hall–Kier alpha value is -7.49. The Morgan fingerprint density at radius 3 is 1.42 bits per heavy atom. The van der Waals surface area contributed by atoms with Gasteiger partial charge in [0.1, 0.15) is 41.1 Å². The predicted octanol–water partition coefficient (Wildman–Crippen LogP) is 5.91. The number of hydrogen-bond acceptors (Lipinski definition) is 19. The first kappa shape index (κ1) is 51.1. The molecule has 4 aromatic heterocycles. The van der Waals surface area contributed by atoms with Crippen LogP contribution in [-0.2, 0) is 20.8 Å². The molecule has 0 saturated carbocycles. The highest BCUT2D eigenvalue weighted by Crippen LogP contribution is 2.21. The van der Waals surface area contributed by atoms with E-state index >= 15 is 0 Å². The summed E-state index contributed by atoms with van der Waals surface area (Å²) < 4.78 is 15.6. The molecular weight excluding hydrogens is 851 g/mol. The number of pyridine rings is 2. The Balaban J connectivity index is 0.000000289. The van der Waals surface area contributed by atoms with Crippen molar-refractivity contribution in [3.8, 4) is 22.8 Å². The van der Waals surface area contributed by atoms with Crippen molar-refractivity contribution < 1.29 is 33.7 Å². The zero-order valence-corrected chi connectivity index (χ0v) is 38.9. The van der Waals surface area contributed by atoms with E-state index < -0.39 is 35.1 Å². The van der Waals surface area contributed by atoms with Crippen LogP contribution in [0.25, 0.3) is 22.8 Å². The number of benzene rings is 1. The van der Waals surface area contributed by atoms with Gasteiger partial charge in [0.05, 0.1) is 6.61 Å². The summed E-state index contributed by atoms with van der Waals surface area (Å²) in [7, 11) is 0. The first-order valence-electron chi connectivity index (χ1n) is 21.1. The average molecular weight is 912 g/mol. The molecule has 0 aliphatic heterocycles. The molecule has 22 nitrogen and oxygen atoms in total. The predicted molar refractivity (Wildman–Crippen MR) is 250 cm³/mol. The lowest BCUT2D eigenvalue weighted by Gasteiger charge is -2.19. The number of carbonyl (C=O) groups excluding carboxylic acids is 3. The van der Waals surface area contributed by atoms with Crippen molar-refractivity contribution in [2.24, 2.45) is 0 Å². The van der Waals surface area contributed by atoms with Crippen LogP contribution in [0, 0.1) is 0 Å². The molecule has 22 heteroatoms. The Labute approximate surface area is 384 Å². The number of aliphatic hydroxyl groups is 1. The molecule has 5 aromatic rings. The molecule has 0 bridgehead atoms. The fourth-order valence-electron chi connectivity index (χ4n) is 5.22. The number of rotatable bonds is 17. The van der Waals surface area contributed by atoms with E-state index in [1.165, 1.54) is 12.7 Å². The number of anilines is 5. The van der Waals surface area contributed by atoms with Gasteiger partial charge in [-0.25, -0.2) is 44.3 Å². The molecule has 3 amide bonds. The van der Waals surface area contributed by atoms with Gasteiger partial charge >= 0.3 is 18.3 Å². The summed E-state index contributed by atoms with van der Waals surface area (Å²) in [6.07, 6.45) is 4.71. The molecule has 0 fully saturated rings. The van der Waals surface area contributed by atoms with Gasteiger partial charge in [-0.3, -0.25) is 0 Å². The molecule has 0 spiro atoms. The lowest BCUT2D eigenvalue weighted by atomic mass is 10.2. The Morgan fingerprint density at radius 1 is 0.530 bits per heavy atom. The van der Waals surface area contributed by atoms with Gasteiger partial charge < -0.3 is 56.5 Å². The standard InChI is InChI=1S/C22H34N8O4.C22H27N7O3/c1-21(2,3)33-19(31)26-11-9-24-16-13-15(7-8-23-16)17-28-14-29-18(30-17)25-10-12-27-20(32)34-22(4,5)6;1-22(2,3)32-21(31)25-10-9-24-18-12-16(7-8-23-18)19-26-14-27-20(29-19)28-17-6-4-5-15(11-17)13-30/h7-8,13-14H,9-12H2,1-6H3,(H,23,24)(H,26,31)(H,27,32)(H,25,28,29,30);4-8,11-12,14,30H,9-10,13H2,1-3H3,(H,23,24)(H,25,31)(H,26,27,28,29). The summed E-state index contributed by atoms with van der Waals surface area (Å²) in [4.78, 5) is 69.2.